The molecule has 1 fully saturated rings. The molecule has 2 aromatic rings. The highest BCUT2D eigenvalue weighted by molar-refractivity contribution is 5.98. The van der Waals surface area contributed by atoms with Gasteiger partial charge in [-0.1, -0.05) is 0 Å². The summed E-state index contributed by atoms with van der Waals surface area (Å²) in [5.41, 5.74) is 0.296. The third-order valence-electron chi connectivity index (χ3n) is 5.20. The molecule has 0 spiro atoms. The second-order valence-corrected chi connectivity index (χ2v) is 7.15. The minimum Gasteiger partial charge on any atom is -0.497 e. The third-order valence-corrected chi connectivity index (χ3v) is 5.20. The molecule has 1 N–H and O–H groups in total. The fourth-order valence-corrected chi connectivity index (χ4v) is 3.56. The van der Waals surface area contributed by atoms with Crippen LogP contribution >= 0.6 is 0 Å². The van der Waals surface area contributed by atoms with Crippen LogP contribution in [0.5, 0.6) is 11.5 Å². The van der Waals surface area contributed by atoms with Crippen LogP contribution in [-0.2, 0) is 4.79 Å². The van der Waals surface area contributed by atoms with E-state index in [1.54, 1.807) is 18.2 Å². The molecule has 3 rings (SSSR count). The number of methoxy groups -OCH3 is 2. The quantitative estimate of drug-likeness (QED) is 0.697. The number of carbonyl (C=O) groups excluding carboxylic acids is 2. The molecule has 8 heteroatoms. The zero-order chi connectivity index (χ0) is 21.7. The van der Waals surface area contributed by atoms with Crippen molar-refractivity contribution in [2.45, 2.75) is 12.8 Å². The van der Waals surface area contributed by atoms with Gasteiger partial charge >= 0.3 is 0 Å². The maximum Gasteiger partial charge on any atom is 0.238 e. The fourth-order valence-electron chi connectivity index (χ4n) is 3.56. The number of amides is 1. The van der Waals surface area contributed by atoms with Gasteiger partial charge in [0.25, 0.3) is 0 Å². The molecule has 0 aliphatic carbocycles. The minimum atomic E-state index is -0.713. The van der Waals surface area contributed by atoms with Gasteiger partial charge in [0.2, 0.25) is 5.91 Å². The van der Waals surface area contributed by atoms with Crippen LogP contribution < -0.4 is 14.8 Å². The van der Waals surface area contributed by atoms with Gasteiger partial charge in [0, 0.05) is 12.0 Å². The number of likely N-dealkylation sites (tertiary alicyclic amines) is 1. The van der Waals surface area contributed by atoms with Crippen LogP contribution in [0.4, 0.5) is 14.5 Å². The number of piperidine rings is 1. The molecule has 2 aromatic carbocycles. The average molecular weight is 418 g/mol. The van der Waals surface area contributed by atoms with Crippen molar-refractivity contribution in [1.82, 2.24) is 4.90 Å². The normalized spacial score (nSPS) is 14.9. The first-order chi connectivity index (χ1) is 14.4. The minimum absolute atomic E-state index is 0.148. The largest absolute Gasteiger partial charge is 0.497 e. The Kier molecular flexibility index (Phi) is 6.99. The van der Waals surface area contributed by atoms with Gasteiger partial charge in [-0.2, -0.15) is 0 Å². The molecule has 160 valence electrons. The van der Waals surface area contributed by atoms with Crippen LogP contribution in [-0.4, -0.2) is 50.4 Å². The third kappa shape index (κ3) is 5.13. The van der Waals surface area contributed by atoms with Crippen LogP contribution in [0.25, 0.3) is 0 Å². The Morgan fingerprint density at radius 1 is 1.07 bits per heavy atom. The summed E-state index contributed by atoms with van der Waals surface area (Å²) < 4.78 is 37.7. The first-order valence-electron chi connectivity index (χ1n) is 9.64. The number of carbonyl (C=O) groups is 2. The maximum absolute atomic E-state index is 13.9. The number of Topliss-reactive ketones (excluding diaryl/α,β-unsaturated/α-hetero) is 1. The highest BCUT2D eigenvalue weighted by atomic mass is 19.1. The van der Waals surface area contributed by atoms with E-state index in [1.807, 2.05) is 4.90 Å². The molecular formula is C22H24F2N2O4. The van der Waals surface area contributed by atoms with Crippen molar-refractivity contribution in [2.24, 2.45) is 5.92 Å². The molecule has 1 aliphatic heterocycles. The molecule has 0 aromatic heterocycles. The van der Waals surface area contributed by atoms with Crippen molar-refractivity contribution in [2.75, 3.05) is 39.2 Å². The summed E-state index contributed by atoms with van der Waals surface area (Å²) >= 11 is 0. The van der Waals surface area contributed by atoms with E-state index in [2.05, 4.69) is 5.32 Å². The number of benzene rings is 2. The van der Waals surface area contributed by atoms with E-state index in [1.165, 1.54) is 14.2 Å². The monoisotopic (exact) mass is 418 g/mol. The molecule has 30 heavy (non-hydrogen) atoms. The van der Waals surface area contributed by atoms with Crippen LogP contribution in [0.1, 0.15) is 23.2 Å². The topological polar surface area (TPSA) is 67.9 Å². The summed E-state index contributed by atoms with van der Waals surface area (Å²) in [6.45, 7) is 1.17. The van der Waals surface area contributed by atoms with E-state index in [0.717, 1.165) is 18.2 Å². The molecule has 6 nitrogen and oxygen atoms in total. The van der Waals surface area contributed by atoms with Crippen LogP contribution in [0.2, 0.25) is 0 Å². The Hall–Kier alpha value is -3.00. The van der Waals surface area contributed by atoms with Gasteiger partial charge in [0.15, 0.2) is 5.78 Å². The van der Waals surface area contributed by atoms with Crippen LogP contribution in [0, 0.1) is 17.6 Å². The van der Waals surface area contributed by atoms with Crippen LogP contribution in [0.3, 0.4) is 0 Å². The SMILES string of the molecule is COc1ccc(OC)c(NC(=O)CN2CCC(C(=O)c3cc(F)ccc3F)CC2)c1. The second-order valence-electron chi connectivity index (χ2n) is 7.15. The number of nitrogens with one attached hydrogen (secondary N) is 1. The Morgan fingerprint density at radius 3 is 2.47 bits per heavy atom. The summed E-state index contributed by atoms with van der Waals surface area (Å²) in [5.74, 6) is -1.24. The molecule has 1 heterocycles. The Morgan fingerprint density at radius 2 is 1.80 bits per heavy atom. The molecule has 1 amide bonds. The second kappa shape index (κ2) is 9.67. The number of ketones is 1. The molecule has 0 atom stereocenters. The number of rotatable bonds is 7. The molecule has 1 saturated heterocycles. The average Bonchev–Trinajstić information content (AvgIpc) is 2.75. The number of hydrogen-bond donors (Lipinski definition) is 1. The molecule has 0 bridgehead atoms. The lowest BCUT2D eigenvalue weighted by Crippen LogP contribution is -2.40. The lowest BCUT2D eigenvalue weighted by atomic mass is 9.88. The first-order valence-corrected chi connectivity index (χ1v) is 9.64. The standard InChI is InChI=1S/C22H24F2N2O4/c1-29-16-4-6-20(30-2)19(12-16)25-21(27)13-26-9-7-14(8-10-26)22(28)17-11-15(23)3-5-18(17)24/h3-6,11-12,14H,7-10,13H2,1-2H3,(H,25,27). The van der Waals surface area contributed by atoms with Gasteiger partial charge in [0.1, 0.15) is 23.1 Å². The molecular weight excluding hydrogens is 394 g/mol. The van der Waals surface area contributed by atoms with Gasteiger partial charge in [-0.15, -0.1) is 0 Å². The predicted octanol–water partition coefficient (Wildman–Crippen LogP) is 3.52. The number of ether oxygens (including phenoxy) is 2. The van der Waals surface area contributed by atoms with Gasteiger partial charge in [-0.25, -0.2) is 8.78 Å². The van der Waals surface area contributed by atoms with Crippen LogP contribution in [0.15, 0.2) is 36.4 Å². The molecule has 0 radical (unpaired) electrons. The first kappa shape index (κ1) is 21.7. The van der Waals surface area contributed by atoms with Crippen molar-refractivity contribution >= 4 is 17.4 Å². The fraction of sp³-hybridized carbons (Fsp3) is 0.364. The van der Waals surface area contributed by atoms with Crippen molar-refractivity contribution in [1.29, 1.82) is 0 Å². The van der Waals surface area contributed by atoms with Gasteiger partial charge in [-0.05, 0) is 56.3 Å². The van der Waals surface area contributed by atoms with Crippen molar-refractivity contribution in [3.8, 4) is 11.5 Å². The summed E-state index contributed by atoms with van der Waals surface area (Å²) in [5, 5.41) is 2.81. The molecule has 0 saturated carbocycles. The van der Waals surface area contributed by atoms with E-state index < -0.39 is 17.4 Å². The zero-order valence-electron chi connectivity index (χ0n) is 16.9. The highest BCUT2D eigenvalue weighted by Crippen LogP contribution is 2.29. The maximum atomic E-state index is 13.9. The molecule has 1 aliphatic rings. The van der Waals surface area contributed by atoms with Gasteiger partial charge < -0.3 is 14.8 Å². The van der Waals surface area contributed by atoms with Gasteiger partial charge in [-0.3, -0.25) is 14.5 Å². The van der Waals surface area contributed by atoms with E-state index in [9.17, 15) is 18.4 Å². The number of nitrogens with zero attached hydrogens (tertiary/aromatic N) is 1. The summed E-state index contributed by atoms with van der Waals surface area (Å²) in [4.78, 5) is 26.9. The number of anilines is 1. The summed E-state index contributed by atoms with van der Waals surface area (Å²) in [7, 11) is 3.05. The predicted molar refractivity (Wildman–Crippen MR) is 108 cm³/mol. The smallest absolute Gasteiger partial charge is 0.238 e. The van der Waals surface area contributed by atoms with E-state index in [4.69, 9.17) is 9.47 Å². The highest BCUT2D eigenvalue weighted by Gasteiger charge is 2.28. The van der Waals surface area contributed by atoms with Gasteiger partial charge in [0.05, 0.1) is 32.0 Å². The number of halogens is 2. The van der Waals surface area contributed by atoms with E-state index in [-0.39, 0.29) is 23.9 Å². The Balaban J connectivity index is 1.55. The van der Waals surface area contributed by atoms with Crippen molar-refractivity contribution in [3.05, 3.63) is 53.6 Å². The van der Waals surface area contributed by atoms with E-state index in [0.29, 0.717) is 43.1 Å². The molecule has 0 unspecified atom stereocenters. The van der Waals surface area contributed by atoms with Crippen molar-refractivity contribution < 1.29 is 27.8 Å². The lowest BCUT2D eigenvalue weighted by molar-refractivity contribution is -0.117. The summed E-state index contributed by atoms with van der Waals surface area (Å²) in [6.07, 6.45) is 0.953. The lowest BCUT2D eigenvalue weighted by Gasteiger charge is -2.30. The Bertz CT molecular complexity index is 927. The summed E-state index contributed by atoms with van der Waals surface area (Å²) in [6, 6.07) is 8.02. The number of hydrogen-bond acceptors (Lipinski definition) is 5. The van der Waals surface area contributed by atoms with E-state index >= 15 is 0 Å². The zero-order valence-corrected chi connectivity index (χ0v) is 16.9. The Labute approximate surface area is 173 Å². The van der Waals surface area contributed by atoms with Crippen molar-refractivity contribution in [3.63, 3.8) is 0 Å².